The molecule has 16 heavy (non-hydrogen) atoms. The first-order valence-corrected chi connectivity index (χ1v) is 5.15. The summed E-state index contributed by atoms with van der Waals surface area (Å²) in [6, 6.07) is 2.56. The molecule has 0 aliphatic rings. The van der Waals surface area contributed by atoms with Gasteiger partial charge in [-0.1, -0.05) is 11.6 Å². The molecule has 1 aromatic rings. The van der Waals surface area contributed by atoms with Gasteiger partial charge in [-0.2, -0.15) is 0 Å². The van der Waals surface area contributed by atoms with Crippen LogP contribution in [0.25, 0.3) is 0 Å². The topological polar surface area (TPSA) is 72.5 Å². The van der Waals surface area contributed by atoms with Crippen molar-refractivity contribution >= 4 is 17.6 Å². The third-order valence-corrected chi connectivity index (χ3v) is 2.53. The number of halogens is 1. The van der Waals surface area contributed by atoms with Crippen molar-refractivity contribution in [3.05, 3.63) is 28.3 Å². The minimum Gasteiger partial charge on any atom is -0.507 e. The van der Waals surface area contributed by atoms with Crippen molar-refractivity contribution in [3.8, 4) is 5.75 Å². The first-order chi connectivity index (χ1) is 7.45. The molecule has 1 atom stereocenters. The van der Waals surface area contributed by atoms with Gasteiger partial charge in [0.2, 0.25) is 0 Å². The van der Waals surface area contributed by atoms with E-state index in [1.807, 2.05) is 0 Å². The van der Waals surface area contributed by atoms with E-state index >= 15 is 0 Å². The molecule has 0 radical (unpaired) electrons. The van der Waals surface area contributed by atoms with Crippen molar-refractivity contribution in [3.63, 3.8) is 0 Å². The molecule has 0 spiro atoms. The summed E-state index contributed by atoms with van der Waals surface area (Å²) in [5.74, 6) is -0.356. The number of hydrogen-bond acceptors (Lipinski definition) is 4. The van der Waals surface area contributed by atoms with Crippen LogP contribution in [0.2, 0.25) is 5.02 Å². The monoisotopic (exact) mass is 243 g/mol. The Hall–Kier alpha value is -1.26. The van der Waals surface area contributed by atoms with Gasteiger partial charge in [0.25, 0.3) is 0 Å². The average Bonchev–Trinajstić information content (AvgIpc) is 2.22. The zero-order valence-corrected chi connectivity index (χ0v) is 9.91. The molecule has 0 unspecified atom stereocenters. The third kappa shape index (κ3) is 2.87. The normalized spacial score (nSPS) is 12.2. The molecule has 5 heteroatoms. The highest BCUT2D eigenvalue weighted by Gasteiger charge is 2.17. The Kier molecular flexibility index (Phi) is 4.15. The van der Waals surface area contributed by atoms with Gasteiger partial charge >= 0.3 is 5.97 Å². The summed E-state index contributed by atoms with van der Waals surface area (Å²) in [7, 11) is 1.29. The predicted octanol–water partition coefficient (Wildman–Crippen LogP) is 1.92. The average molecular weight is 244 g/mol. The first-order valence-electron chi connectivity index (χ1n) is 4.77. The number of esters is 1. The number of carbonyl (C=O) groups is 1. The molecule has 0 bridgehead atoms. The van der Waals surface area contributed by atoms with Gasteiger partial charge in [-0.25, -0.2) is 0 Å². The van der Waals surface area contributed by atoms with Crippen LogP contribution < -0.4 is 5.73 Å². The smallest absolute Gasteiger partial charge is 0.307 e. The van der Waals surface area contributed by atoms with E-state index < -0.39 is 12.0 Å². The number of phenols is 1. The van der Waals surface area contributed by atoms with E-state index in [9.17, 15) is 9.90 Å². The van der Waals surface area contributed by atoms with Gasteiger partial charge in [-0.05, 0) is 24.6 Å². The summed E-state index contributed by atoms with van der Waals surface area (Å²) in [6.45, 7) is 1.72. The second-order valence-corrected chi connectivity index (χ2v) is 3.98. The van der Waals surface area contributed by atoms with Crippen LogP contribution in [0.5, 0.6) is 5.75 Å². The number of hydrogen-bond donors (Lipinski definition) is 2. The lowest BCUT2D eigenvalue weighted by atomic mass is 10.0. The molecular formula is C11H14ClNO3. The lowest BCUT2D eigenvalue weighted by Crippen LogP contribution is -2.16. The highest BCUT2D eigenvalue weighted by Crippen LogP contribution is 2.31. The van der Waals surface area contributed by atoms with Crippen LogP contribution in [0, 0.1) is 6.92 Å². The molecular weight excluding hydrogens is 230 g/mol. The van der Waals surface area contributed by atoms with Gasteiger partial charge in [0, 0.05) is 16.6 Å². The quantitative estimate of drug-likeness (QED) is 0.796. The fraction of sp³-hybridized carbons (Fsp3) is 0.364. The van der Waals surface area contributed by atoms with Crippen molar-refractivity contribution in [1.82, 2.24) is 0 Å². The van der Waals surface area contributed by atoms with E-state index in [2.05, 4.69) is 4.74 Å². The zero-order valence-electron chi connectivity index (χ0n) is 9.16. The molecule has 0 heterocycles. The van der Waals surface area contributed by atoms with Crippen LogP contribution in [0.4, 0.5) is 0 Å². The van der Waals surface area contributed by atoms with Gasteiger partial charge in [0.1, 0.15) is 5.75 Å². The molecule has 0 amide bonds. The Morgan fingerprint density at radius 3 is 2.81 bits per heavy atom. The van der Waals surface area contributed by atoms with Crippen molar-refractivity contribution in [2.75, 3.05) is 7.11 Å². The van der Waals surface area contributed by atoms with Crippen molar-refractivity contribution in [2.24, 2.45) is 5.73 Å². The van der Waals surface area contributed by atoms with Gasteiger partial charge < -0.3 is 15.6 Å². The minimum atomic E-state index is -0.621. The predicted molar refractivity (Wildman–Crippen MR) is 61.4 cm³/mol. The first kappa shape index (κ1) is 12.8. The molecule has 0 aromatic heterocycles. The lowest BCUT2D eigenvalue weighted by Gasteiger charge is -2.14. The van der Waals surface area contributed by atoms with E-state index in [0.717, 1.165) is 0 Å². The number of methoxy groups -OCH3 is 1. The number of nitrogens with two attached hydrogens (primary N) is 1. The Balaban J connectivity index is 2.99. The SMILES string of the molecule is COC(=O)C[C@@H](N)c1cc(Cl)cc(C)c1O. The van der Waals surface area contributed by atoms with Crippen molar-refractivity contribution < 1.29 is 14.6 Å². The molecule has 0 saturated carbocycles. The zero-order chi connectivity index (χ0) is 12.3. The van der Waals surface area contributed by atoms with E-state index in [1.165, 1.54) is 7.11 Å². The maximum atomic E-state index is 11.1. The largest absolute Gasteiger partial charge is 0.507 e. The Morgan fingerprint density at radius 2 is 2.25 bits per heavy atom. The number of ether oxygens (including phenoxy) is 1. The molecule has 3 N–H and O–H groups in total. The number of aromatic hydroxyl groups is 1. The number of rotatable bonds is 3. The molecule has 88 valence electrons. The van der Waals surface area contributed by atoms with Crippen LogP contribution in [0.3, 0.4) is 0 Å². The van der Waals surface area contributed by atoms with E-state index in [4.69, 9.17) is 17.3 Å². The van der Waals surface area contributed by atoms with E-state index in [1.54, 1.807) is 19.1 Å². The summed E-state index contributed by atoms with van der Waals surface area (Å²) < 4.78 is 4.51. The standard InChI is InChI=1S/C11H14ClNO3/c1-6-3-7(12)4-8(11(6)15)9(13)5-10(14)16-2/h3-4,9,15H,5,13H2,1-2H3/t9-/m1/s1. The summed E-state index contributed by atoms with van der Waals surface area (Å²) in [5.41, 5.74) is 6.87. The lowest BCUT2D eigenvalue weighted by molar-refractivity contribution is -0.141. The number of phenolic OH excluding ortho intramolecular Hbond substituents is 1. The second-order valence-electron chi connectivity index (χ2n) is 3.55. The molecule has 1 rings (SSSR count). The Morgan fingerprint density at radius 1 is 1.62 bits per heavy atom. The third-order valence-electron chi connectivity index (χ3n) is 2.31. The molecule has 4 nitrogen and oxygen atoms in total. The maximum absolute atomic E-state index is 11.1. The number of aryl methyl sites for hydroxylation is 1. The Bertz CT molecular complexity index is 406. The number of benzene rings is 1. The summed E-state index contributed by atoms with van der Waals surface area (Å²) >= 11 is 5.85. The van der Waals surface area contributed by atoms with E-state index in [-0.39, 0.29) is 12.2 Å². The number of carbonyl (C=O) groups excluding carboxylic acids is 1. The fourth-order valence-electron chi connectivity index (χ4n) is 1.42. The van der Waals surface area contributed by atoms with Crippen molar-refractivity contribution in [1.29, 1.82) is 0 Å². The summed E-state index contributed by atoms with van der Waals surface area (Å²) in [4.78, 5) is 11.1. The summed E-state index contributed by atoms with van der Waals surface area (Å²) in [6.07, 6.45) is 0.00381. The fourth-order valence-corrected chi connectivity index (χ4v) is 1.70. The highest BCUT2D eigenvalue weighted by atomic mass is 35.5. The van der Waals surface area contributed by atoms with Gasteiger partial charge in [0.05, 0.1) is 13.5 Å². The molecule has 0 aliphatic heterocycles. The molecule has 0 fully saturated rings. The Labute approximate surface area is 99.0 Å². The van der Waals surface area contributed by atoms with E-state index in [0.29, 0.717) is 16.1 Å². The molecule has 0 saturated heterocycles. The molecule has 0 aliphatic carbocycles. The van der Waals surface area contributed by atoms with Crippen LogP contribution in [0.1, 0.15) is 23.6 Å². The van der Waals surface area contributed by atoms with Crippen LogP contribution in [-0.4, -0.2) is 18.2 Å². The van der Waals surface area contributed by atoms with Crippen LogP contribution in [-0.2, 0) is 9.53 Å². The van der Waals surface area contributed by atoms with Crippen LogP contribution >= 0.6 is 11.6 Å². The van der Waals surface area contributed by atoms with Gasteiger partial charge in [-0.3, -0.25) is 4.79 Å². The second kappa shape index (κ2) is 5.18. The van der Waals surface area contributed by atoms with Crippen molar-refractivity contribution in [2.45, 2.75) is 19.4 Å². The van der Waals surface area contributed by atoms with Crippen LogP contribution in [0.15, 0.2) is 12.1 Å². The van der Waals surface area contributed by atoms with Gasteiger partial charge in [0.15, 0.2) is 0 Å². The van der Waals surface area contributed by atoms with Gasteiger partial charge in [-0.15, -0.1) is 0 Å². The summed E-state index contributed by atoms with van der Waals surface area (Å²) in [5, 5.41) is 10.3. The highest BCUT2D eigenvalue weighted by molar-refractivity contribution is 6.30. The molecule has 1 aromatic carbocycles. The minimum absolute atomic E-state index is 0.00381. The maximum Gasteiger partial charge on any atom is 0.307 e.